The van der Waals surface area contributed by atoms with Crippen molar-refractivity contribution in [3.8, 4) is 0 Å². The molecule has 0 amide bonds. The normalized spacial score (nSPS) is 34.7. The molecule has 2 unspecified atom stereocenters. The van der Waals surface area contributed by atoms with E-state index in [9.17, 15) is 0 Å². The predicted octanol–water partition coefficient (Wildman–Crippen LogP) is 5.52. The van der Waals surface area contributed by atoms with Crippen LogP contribution in [0.25, 0.3) is 0 Å². The van der Waals surface area contributed by atoms with Crippen molar-refractivity contribution in [2.45, 2.75) is 74.1 Å². The molecule has 16 heavy (non-hydrogen) atoms. The van der Waals surface area contributed by atoms with Crippen LogP contribution in [0.2, 0.25) is 0 Å². The zero-order valence-electron chi connectivity index (χ0n) is 12.6. The summed E-state index contributed by atoms with van der Waals surface area (Å²) in [4.78, 5) is 0. The number of rotatable bonds is 3. The minimum absolute atomic E-state index is 0.560. The Balaban J connectivity index is 2.76. The van der Waals surface area contributed by atoms with Crippen LogP contribution in [0.15, 0.2) is 0 Å². The van der Waals surface area contributed by atoms with E-state index in [0.717, 1.165) is 17.8 Å². The van der Waals surface area contributed by atoms with Gasteiger partial charge in [-0.3, -0.25) is 0 Å². The lowest BCUT2D eigenvalue weighted by molar-refractivity contribution is 0.00629. The first-order chi connectivity index (χ1) is 7.16. The topological polar surface area (TPSA) is 0 Å². The van der Waals surface area contributed by atoms with Gasteiger partial charge in [0.2, 0.25) is 0 Å². The fourth-order valence-corrected chi connectivity index (χ4v) is 4.03. The van der Waals surface area contributed by atoms with Gasteiger partial charge in [0.15, 0.2) is 0 Å². The van der Waals surface area contributed by atoms with E-state index in [-0.39, 0.29) is 0 Å². The maximum atomic E-state index is 2.53. The van der Waals surface area contributed by atoms with Gasteiger partial charge in [-0.15, -0.1) is 0 Å². The third-order valence-electron chi connectivity index (χ3n) is 4.80. The smallest absolute Gasteiger partial charge is 0.0320 e. The van der Waals surface area contributed by atoms with Crippen molar-refractivity contribution in [1.82, 2.24) is 0 Å². The Labute approximate surface area is 103 Å². The molecule has 0 aliphatic heterocycles. The SMILES string of the molecule is CC(C)CC1(C)CCC(C)(C)C(C(C)C)C1. The Hall–Kier alpha value is 0. The summed E-state index contributed by atoms with van der Waals surface area (Å²) in [7, 11) is 0. The van der Waals surface area contributed by atoms with Gasteiger partial charge in [0.05, 0.1) is 0 Å². The first-order valence-corrected chi connectivity index (χ1v) is 7.16. The second-order valence-corrected chi connectivity index (χ2v) is 7.95. The molecule has 1 aliphatic carbocycles. The van der Waals surface area contributed by atoms with Crippen molar-refractivity contribution in [2.75, 3.05) is 0 Å². The van der Waals surface area contributed by atoms with Crippen LogP contribution in [-0.4, -0.2) is 0 Å². The molecule has 1 rings (SSSR count). The molecule has 0 aromatic heterocycles. The van der Waals surface area contributed by atoms with Gasteiger partial charge in [-0.25, -0.2) is 0 Å². The first-order valence-electron chi connectivity index (χ1n) is 7.16. The Morgan fingerprint density at radius 2 is 1.56 bits per heavy atom. The molecule has 0 heterocycles. The van der Waals surface area contributed by atoms with Crippen LogP contribution < -0.4 is 0 Å². The molecular weight excluding hydrogens is 192 g/mol. The van der Waals surface area contributed by atoms with E-state index >= 15 is 0 Å². The van der Waals surface area contributed by atoms with E-state index in [4.69, 9.17) is 0 Å². The highest BCUT2D eigenvalue weighted by atomic mass is 14.5. The van der Waals surface area contributed by atoms with Gasteiger partial charge in [0.1, 0.15) is 0 Å². The molecule has 0 radical (unpaired) electrons. The monoisotopic (exact) mass is 224 g/mol. The van der Waals surface area contributed by atoms with Crippen LogP contribution in [0.1, 0.15) is 74.1 Å². The summed E-state index contributed by atoms with van der Waals surface area (Å²) in [5.41, 5.74) is 1.17. The van der Waals surface area contributed by atoms with E-state index in [2.05, 4.69) is 48.5 Å². The molecule has 0 bridgehead atoms. The van der Waals surface area contributed by atoms with Crippen molar-refractivity contribution in [3.63, 3.8) is 0 Å². The third-order valence-corrected chi connectivity index (χ3v) is 4.80. The Morgan fingerprint density at radius 3 is 2.00 bits per heavy atom. The number of hydrogen-bond acceptors (Lipinski definition) is 0. The summed E-state index contributed by atoms with van der Waals surface area (Å²) in [5.74, 6) is 2.59. The summed E-state index contributed by atoms with van der Waals surface area (Å²) in [6, 6.07) is 0. The van der Waals surface area contributed by atoms with Crippen molar-refractivity contribution in [2.24, 2.45) is 28.6 Å². The van der Waals surface area contributed by atoms with E-state index in [1.165, 1.54) is 25.7 Å². The molecule has 0 nitrogen and oxygen atoms in total. The van der Waals surface area contributed by atoms with Crippen LogP contribution in [-0.2, 0) is 0 Å². The molecule has 0 aromatic rings. The molecule has 96 valence electrons. The second-order valence-electron chi connectivity index (χ2n) is 7.95. The molecule has 0 saturated heterocycles. The van der Waals surface area contributed by atoms with E-state index in [0.29, 0.717) is 10.8 Å². The van der Waals surface area contributed by atoms with Crippen molar-refractivity contribution in [1.29, 1.82) is 0 Å². The molecular formula is C16H32. The average Bonchev–Trinajstić information content (AvgIpc) is 2.08. The van der Waals surface area contributed by atoms with Gasteiger partial charge in [0, 0.05) is 0 Å². The lowest BCUT2D eigenvalue weighted by Gasteiger charge is -2.50. The predicted molar refractivity (Wildman–Crippen MR) is 73.5 cm³/mol. The molecule has 1 saturated carbocycles. The summed E-state index contributed by atoms with van der Waals surface area (Å²) < 4.78 is 0. The van der Waals surface area contributed by atoms with E-state index < -0.39 is 0 Å². The minimum atomic E-state index is 0.560. The zero-order valence-corrected chi connectivity index (χ0v) is 12.6. The van der Waals surface area contributed by atoms with Gasteiger partial charge in [0.25, 0.3) is 0 Å². The molecule has 0 heteroatoms. The van der Waals surface area contributed by atoms with Crippen molar-refractivity contribution < 1.29 is 0 Å². The van der Waals surface area contributed by atoms with Gasteiger partial charge in [-0.05, 0) is 54.3 Å². The zero-order chi connectivity index (χ0) is 12.6. The largest absolute Gasteiger partial charge is 0.0628 e. The maximum absolute atomic E-state index is 2.53. The third kappa shape index (κ3) is 3.25. The van der Waals surface area contributed by atoms with Gasteiger partial charge in [-0.2, -0.15) is 0 Å². The van der Waals surface area contributed by atoms with Crippen LogP contribution in [0.4, 0.5) is 0 Å². The lowest BCUT2D eigenvalue weighted by atomic mass is 9.56. The van der Waals surface area contributed by atoms with E-state index in [1.807, 2.05) is 0 Å². The summed E-state index contributed by atoms with van der Waals surface area (Å²) >= 11 is 0. The summed E-state index contributed by atoms with van der Waals surface area (Å²) in [6.45, 7) is 17.0. The molecule has 0 spiro atoms. The van der Waals surface area contributed by atoms with Crippen LogP contribution in [0, 0.1) is 28.6 Å². The van der Waals surface area contributed by atoms with Gasteiger partial charge >= 0.3 is 0 Å². The molecule has 0 aromatic carbocycles. The van der Waals surface area contributed by atoms with E-state index in [1.54, 1.807) is 0 Å². The van der Waals surface area contributed by atoms with Crippen LogP contribution in [0.5, 0.6) is 0 Å². The number of hydrogen-bond donors (Lipinski definition) is 0. The maximum Gasteiger partial charge on any atom is -0.0320 e. The Kier molecular flexibility index (Phi) is 4.13. The average molecular weight is 224 g/mol. The second kappa shape index (κ2) is 4.70. The highest BCUT2D eigenvalue weighted by Crippen LogP contribution is 2.53. The fraction of sp³-hybridized carbons (Fsp3) is 1.00. The molecule has 2 atom stereocenters. The fourth-order valence-electron chi connectivity index (χ4n) is 4.03. The Bertz CT molecular complexity index is 224. The van der Waals surface area contributed by atoms with Crippen LogP contribution >= 0.6 is 0 Å². The highest BCUT2D eigenvalue weighted by Gasteiger charge is 2.43. The lowest BCUT2D eigenvalue weighted by Crippen LogP contribution is -2.40. The highest BCUT2D eigenvalue weighted by molar-refractivity contribution is 4.93. The first kappa shape index (κ1) is 14.1. The van der Waals surface area contributed by atoms with Gasteiger partial charge in [-0.1, -0.05) is 48.5 Å². The van der Waals surface area contributed by atoms with Crippen LogP contribution in [0.3, 0.4) is 0 Å². The van der Waals surface area contributed by atoms with Crippen molar-refractivity contribution >= 4 is 0 Å². The summed E-state index contributed by atoms with van der Waals surface area (Å²) in [5, 5.41) is 0. The molecule has 0 N–H and O–H groups in total. The Morgan fingerprint density at radius 1 is 1.00 bits per heavy atom. The van der Waals surface area contributed by atoms with Gasteiger partial charge < -0.3 is 0 Å². The molecule has 1 aliphatic rings. The minimum Gasteiger partial charge on any atom is -0.0628 e. The molecule has 1 fully saturated rings. The quantitative estimate of drug-likeness (QED) is 0.592. The summed E-state index contributed by atoms with van der Waals surface area (Å²) in [6.07, 6.45) is 5.70. The standard InChI is InChI=1S/C16H32/c1-12(2)10-16(7)9-8-15(5,6)14(11-16)13(3)4/h12-14H,8-11H2,1-7H3. The van der Waals surface area contributed by atoms with Crippen molar-refractivity contribution in [3.05, 3.63) is 0 Å².